The van der Waals surface area contributed by atoms with Gasteiger partial charge in [0.2, 0.25) is 0 Å². The fourth-order valence-corrected chi connectivity index (χ4v) is 1.55. The van der Waals surface area contributed by atoms with Crippen molar-refractivity contribution in [1.82, 2.24) is 5.01 Å². The van der Waals surface area contributed by atoms with Gasteiger partial charge in [-0.3, -0.25) is 5.84 Å². The second-order valence-corrected chi connectivity index (χ2v) is 3.18. The van der Waals surface area contributed by atoms with Crippen LogP contribution in [0.4, 0.5) is 0 Å². The van der Waals surface area contributed by atoms with Crippen LogP contribution >= 0.6 is 0 Å². The Labute approximate surface area is 80.3 Å². The van der Waals surface area contributed by atoms with E-state index < -0.39 is 0 Å². The van der Waals surface area contributed by atoms with Crippen molar-refractivity contribution in [1.29, 1.82) is 0 Å². The largest absolute Gasteiger partial charge is 0.268 e. The van der Waals surface area contributed by atoms with Gasteiger partial charge < -0.3 is 0 Å². The van der Waals surface area contributed by atoms with E-state index in [-0.39, 0.29) is 0 Å². The first-order valence-electron chi connectivity index (χ1n) is 4.84. The van der Waals surface area contributed by atoms with Gasteiger partial charge in [-0.15, -0.1) is 0 Å². The molecule has 13 heavy (non-hydrogen) atoms. The van der Waals surface area contributed by atoms with Crippen LogP contribution in [0.3, 0.4) is 0 Å². The summed E-state index contributed by atoms with van der Waals surface area (Å²) in [5.74, 6) is 5.67. The van der Waals surface area contributed by atoms with Gasteiger partial charge in [-0.25, -0.2) is 5.01 Å². The summed E-state index contributed by atoms with van der Waals surface area (Å²) in [6.07, 6.45) is 0. The highest BCUT2D eigenvalue weighted by Crippen LogP contribution is 2.20. The molecule has 1 aromatic carbocycles. The van der Waals surface area contributed by atoms with E-state index >= 15 is 0 Å². The van der Waals surface area contributed by atoms with Gasteiger partial charge in [0.1, 0.15) is 0 Å². The first kappa shape index (κ1) is 10.2. The summed E-state index contributed by atoms with van der Waals surface area (Å²) < 4.78 is 0. The van der Waals surface area contributed by atoms with Gasteiger partial charge in [-0.2, -0.15) is 0 Å². The highest BCUT2D eigenvalue weighted by molar-refractivity contribution is 5.33. The third kappa shape index (κ3) is 2.29. The Bertz CT molecular complexity index is 281. The van der Waals surface area contributed by atoms with Gasteiger partial charge >= 0.3 is 0 Å². The molecule has 0 amide bonds. The van der Waals surface area contributed by atoms with Gasteiger partial charge in [-0.05, 0) is 18.1 Å². The van der Waals surface area contributed by atoms with Gasteiger partial charge in [0.25, 0.3) is 0 Å². The lowest BCUT2D eigenvalue weighted by Gasteiger charge is -2.02. The zero-order chi connectivity index (χ0) is 9.84. The quantitative estimate of drug-likeness (QED) is 0.617. The fourth-order valence-electron chi connectivity index (χ4n) is 1.55. The van der Waals surface area contributed by atoms with Gasteiger partial charge in [0, 0.05) is 13.1 Å². The summed E-state index contributed by atoms with van der Waals surface area (Å²) >= 11 is 0. The van der Waals surface area contributed by atoms with Crippen LogP contribution in [-0.4, -0.2) is 5.01 Å². The Kier molecular flexibility index (Phi) is 3.46. The maximum absolute atomic E-state index is 5.67. The number of nitrogens with zero attached hydrogens (tertiary/aromatic N) is 1. The molecule has 2 heteroatoms. The van der Waals surface area contributed by atoms with Crippen molar-refractivity contribution >= 4 is 0 Å². The molecule has 2 rings (SSSR count). The van der Waals surface area contributed by atoms with E-state index in [1.807, 2.05) is 18.9 Å². The molecule has 0 aromatic heterocycles. The molecule has 0 saturated heterocycles. The van der Waals surface area contributed by atoms with E-state index in [1.165, 1.54) is 16.7 Å². The van der Waals surface area contributed by atoms with E-state index in [2.05, 4.69) is 25.1 Å². The van der Waals surface area contributed by atoms with Gasteiger partial charge in [0.15, 0.2) is 0 Å². The molecule has 1 aliphatic heterocycles. The van der Waals surface area contributed by atoms with E-state index in [0.29, 0.717) is 0 Å². The lowest BCUT2D eigenvalue weighted by molar-refractivity contribution is 0.295. The molecule has 0 radical (unpaired) electrons. The van der Waals surface area contributed by atoms with Gasteiger partial charge in [-0.1, -0.05) is 37.6 Å². The van der Waals surface area contributed by atoms with Crippen molar-refractivity contribution in [2.24, 2.45) is 5.84 Å². The number of hydrogen-bond acceptors (Lipinski definition) is 2. The number of rotatable bonds is 0. The lowest BCUT2D eigenvalue weighted by Crippen LogP contribution is -2.23. The van der Waals surface area contributed by atoms with Crippen LogP contribution in [0.2, 0.25) is 0 Å². The zero-order valence-corrected chi connectivity index (χ0v) is 8.67. The Balaban J connectivity index is 0.000000396. The third-order valence-electron chi connectivity index (χ3n) is 2.11. The number of hydrogen-bond donors (Lipinski definition) is 1. The van der Waals surface area contributed by atoms with E-state index in [4.69, 9.17) is 5.84 Å². The average Bonchev–Trinajstić information content (AvgIpc) is 2.48. The van der Waals surface area contributed by atoms with E-state index in [1.54, 1.807) is 0 Å². The van der Waals surface area contributed by atoms with Crippen molar-refractivity contribution in [2.75, 3.05) is 0 Å². The van der Waals surface area contributed by atoms with Crippen LogP contribution in [0.5, 0.6) is 0 Å². The van der Waals surface area contributed by atoms with Crippen molar-refractivity contribution in [2.45, 2.75) is 33.9 Å². The number of fused-ring (bicyclic) bond motifs is 1. The minimum Gasteiger partial charge on any atom is -0.268 e. The molecule has 1 aliphatic rings. The Hall–Kier alpha value is -0.860. The third-order valence-corrected chi connectivity index (χ3v) is 2.11. The second kappa shape index (κ2) is 4.40. The number of nitrogens with two attached hydrogens (primary N) is 1. The molecule has 0 spiro atoms. The lowest BCUT2D eigenvalue weighted by atomic mass is 10.1. The smallest absolute Gasteiger partial charge is 0.0386 e. The van der Waals surface area contributed by atoms with Crippen LogP contribution in [0.1, 0.15) is 30.5 Å². The van der Waals surface area contributed by atoms with Crippen molar-refractivity contribution in [3.63, 3.8) is 0 Å². The molecule has 0 atom stereocenters. The Morgan fingerprint density at radius 2 is 1.77 bits per heavy atom. The topological polar surface area (TPSA) is 29.3 Å². The van der Waals surface area contributed by atoms with E-state index in [9.17, 15) is 0 Å². The predicted molar refractivity (Wildman–Crippen MR) is 56.0 cm³/mol. The minimum absolute atomic E-state index is 0.898. The molecule has 2 N–H and O–H groups in total. The van der Waals surface area contributed by atoms with Crippen LogP contribution in [0.15, 0.2) is 18.2 Å². The highest BCUT2D eigenvalue weighted by atomic mass is 15.4. The predicted octanol–water partition coefficient (Wildman–Crippen LogP) is 2.21. The first-order valence-corrected chi connectivity index (χ1v) is 4.84. The zero-order valence-electron chi connectivity index (χ0n) is 8.67. The standard InChI is InChI=1S/C9H12N2.C2H6/c1-7-2-3-8-5-11(10)6-9(8)4-7;1-2/h2-4H,5-6,10H2,1H3;1-2H3. The SMILES string of the molecule is CC.Cc1ccc2c(c1)CN(N)C2. The molecule has 0 saturated carbocycles. The number of benzene rings is 1. The van der Waals surface area contributed by atoms with Crippen molar-refractivity contribution in [3.05, 3.63) is 34.9 Å². The number of aryl methyl sites for hydroxylation is 1. The van der Waals surface area contributed by atoms with Crippen LogP contribution in [0, 0.1) is 6.92 Å². The molecule has 0 bridgehead atoms. The molecule has 2 nitrogen and oxygen atoms in total. The van der Waals surface area contributed by atoms with Crippen LogP contribution in [0.25, 0.3) is 0 Å². The average molecular weight is 178 g/mol. The van der Waals surface area contributed by atoms with Crippen LogP contribution in [-0.2, 0) is 13.1 Å². The molecule has 0 aliphatic carbocycles. The maximum Gasteiger partial charge on any atom is 0.0386 e. The molecular formula is C11H18N2. The molecule has 0 unspecified atom stereocenters. The summed E-state index contributed by atoms with van der Waals surface area (Å²) in [5.41, 5.74) is 4.07. The van der Waals surface area contributed by atoms with Crippen LogP contribution < -0.4 is 5.84 Å². The highest BCUT2D eigenvalue weighted by Gasteiger charge is 2.14. The molecule has 1 heterocycles. The van der Waals surface area contributed by atoms with Crippen molar-refractivity contribution < 1.29 is 0 Å². The van der Waals surface area contributed by atoms with E-state index in [0.717, 1.165) is 13.1 Å². The Morgan fingerprint density at radius 1 is 1.15 bits per heavy atom. The fraction of sp³-hybridized carbons (Fsp3) is 0.455. The first-order chi connectivity index (χ1) is 6.25. The Morgan fingerprint density at radius 3 is 2.46 bits per heavy atom. The minimum atomic E-state index is 0.898. The summed E-state index contributed by atoms with van der Waals surface area (Å²) in [5, 5.41) is 1.84. The summed E-state index contributed by atoms with van der Waals surface area (Å²) in [6, 6.07) is 6.51. The summed E-state index contributed by atoms with van der Waals surface area (Å²) in [6.45, 7) is 7.91. The molecular weight excluding hydrogens is 160 g/mol. The maximum atomic E-state index is 5.67. The molecule has 0 fully saturated rings. The van der Waals surface area contributed by atoms with Crippen molar-refractivity contribution in [3.8, 4) is 0 Å². The summed E-state index contributed by atoms with van der Waals surface area (Å²) in [4.78, 5) is 0. The molecule has 1 aromatic rings. The number of hydrazine groups is 1. The monoisotopic (exact) mass is 178 g/mol. The molecule has 72 valence electrons. The second-order valence-electron chi connectivity index (χ2n) is 3.18. The summed E-state index contributed by atoms with van der Waals surface area (Å²) in [7, 11) is 0. The van der Waals surface area contributed by atoms with Gasteiger partial charge in [0.05, 0.1) is 0 Å². The normalized spacial score (nSPS) is 14.8.